The Balaban J connectivity index is 1.39. The molecule has 2 aromatic heterocycles. The standard InChI is InChI=1S/C21H17N3O6/c1-12-7-17-15(10-28-18(17)8-13(12)2)9-20(25)29-11-19-22-23-21(30-19)14-3-5-16(6-4-14)24(26)27/h3-8,10H,9,11H2,1-2H3. The summed E-state index contributed by atoms with van der Waals surface area (Å²) >= 11 is 0. The fraction of sp³-hybridized carbons (Fsp3) is 0.190. The van der Waals surface area contributed by atoms with E-state index in [-0.39, 0.29) is 30.5 Å². The van der Waals surface area contributed by atoms with E-state index in [2.05, 4.69) is 10.2 Å². The summed E-state index contributed by atoms with van der Waals surface area (Å²) in [5, 5.41) is 19.3. The summed E-state index contributed by atoms with van der Waals surface area (Å²) in [6, 6.07) is 9.64. The Morgan fingerprint density at radius 2 is 1.87 bits per heavy atom. The Hall–Kier alpha value is -4.01. The van der Waals surface area contributed by atoms with Gasteiger partial charge in [-0.3, -0.25) is 14.9 Å². The molecular weight excluding hydrogens is 390 g/mol. The van der Waals surface area contributed by atoms with Gasteiger partial charge in [0.25, 0.3) is 11.6 Å². The molecule has 0 unspecified atom stereocenters. The number of furan rings is 1. The lowest BCUT2D eigenvalue weighted by Gasteiger charge is -2.02. The third-order valence-corrected chi connectivity index (χ3v) is 4.75. The molecule has 152 valence electrons. The summed E-state index contributed by atoms with van der Waals surface area (Å²) in [7, 11) is 0. The van der Waals surface area contributed by atoms with Crippen LogP contribution in [0, 0.1) is 24.0 Å². The third kappa shape index (κ3) is 3.90. The summed E-state index contributed by atoms with van der Waals surface area (Å²) in [5.41, 5.74) is 4.20. The van der Waals surface area contributed by atoms with Crippen molar-refractivity contribution in [1.82, 2.24) is 10.2 Å². The molecule has 4 aromatic rings. The molecule has 2 heterocycles. The maximum atomic E-state index is 12.2. The van der Waals surface area contributed by atoms with Gasteiger partial charge in [-0.1, -0.05) is 0 Å². The van der Waals surface area contributed by atoms with Gasteiger partial charge in [-0.15, -0.1) is 10.2 Å². The number of benzene rings is 2. The predicted octanol–water partition coefficient (Wildman–Crippen LogP) is 4.29. The van der Waals surface area contributed by atoms with Gasteiger partial charge in [0.1, 0.15) is 5.58 Å². The van der Waals surface area contributed by atoms with Gasteiger partial charge in [0.05, 0.1) is 17.6 Å². The highest BCUT2D eigenvalue weighted by atomic mass is 16.6. The van der Waals surface area contributed by atoms with Gasteiger partial charge in [-0.05, 0) is 49.2 Å². The normalized spacial score (nSPS) is 11.0. The highest BCUT2D eigenvalue weighted by Crippen LogP contribution is 2.26. The SMILES string of the molecule is Cc1cc2occ(CC(=O)OCc3nnc(-c4ccc([N+](=O)[O-])cc4)o3)c2cc1C. The van der Waals surface area contributed by atoms with Crippen LogP contribution in [0.2, 0.25) is 0 Å². The average Bonchev–Trinajstić information content (AvgIpc) is 3.35. The molecule has 0 bridgehead atoms. The Labute approximate surface area is 170 Å². The molecule has 9 nitrogen and oxygen atoms in total. The third-order valence-electron chi connectivity index (χ3n) is 4.75. The zero-order valence-corrected chi connectivity index (χ0v) is 16.2. The first-order chi connectivity index (χ1) is 14.4. The molecule has 0 radical (unpaired) electrons. The van der Waals surface area contributed by atoms with Crippen molar-refractivity contribution in [2.75, 3.05) is 0 Å². The van der Waals surface area contributed by atoms with Crippen molar-refractivity contribution in [2.24, 2.45) is 0 Å². The van der Waals surface area contributed by atoms with Crippen LogP contribution in [0.1, 0.15) is 22.6 Å². The Morgan fingerprint density at radius 1 is 1.13 bits per heavy atom. The van der Waals surface area contributed by atoms with Crippen LogP contribution in [0.3, 0.4) is 0 Å². The lowest BCUT2D eigenvalue weighted by molar-refractivity contribution is -0.384. The van der Waals surface area contributed by atoms with Gasteiger partial charge >= 0.3 is 5.97 Å². The molecular formula is C21H17N3O6. The van der Waals surface area contributed by atoms with Crippen molar-refractivity contribution in [3.63, 3.8) is 0 Å². The number of fused-ring (bicyclic) bond motifs is 1. The van der Waals surface area contributed by atoms with Crippen molar-refractivity contribution in [3.05, 3.63) is 75.4 Å². The van der Waals surface area contributed by atoms with Crippen LogP contribution in [0.4, 0.5) is 5.69 Å². The molecule has 0 amide bonds. The quantitative estimate of drug-likeness (QED) is 0.263. The molecule has 9 heteroatoms. The van der Waals surface area contributed by atoms with E-state index < -0.39 is 10.9 Å². The van der Waals surface area contributed by atoms with Gasteiger partial charge < -0.3 is 13.6 Å². The molecule has 0 aliphatic heterocycles. The molecule has 0 saturated heterocycles. The number of rotatable bonds is 6. The number of carbonyl (C=O) groups excluding carboxylic acids is 1. The first-order valence-corrected chi connectivity index (χ1v) is 9.11. The summed E-state index contributed by atoms with van der Waals surface area (Å²) in [6.45, 7) is 3.83. The Bertz CT molecular complexity index is 1240. The maximum absolute atomic E-state index is 12.2. The van der Waals surface area contributed by atoms with Crippen LogP contribution in [0.15, 0.2) is 51.5 Å². The zero-order valence-electron chi connectivity index (χ0n) is 16.2. The summed E-state index contributed by atoms with van der Waals surface area (Å²) < 4.78 is 16.2. The number of non-ortho nitro benzene ring substituents is 1. The van der Waals surface area contributed by atoms with Gasteiger partial charge in [-0.2, -0.15) is 0 Å². The van der Waals surface area contributed by atoms with E-state index in [0.717, 1.165) is 27.7 Å². The number of ether oxygens (including phenoxy) is 1. The molecule has 0 fully saturated rings. The van der Waals surface area contributed by atoms with Crippen molar-refractivity contribution in [1.29, 1.82) is 0 Å². The summed E-state index contributed by atoms with van der Waals surface area (Å²) in [6.07, 6.45) is 1.61. The summed E-state index contributed by atoms with van der Waals surface area (Å²) in [5.74, 6) is -0.145. The van der Waals surface area contributed by atoms with Crippen molar-refractivity contribution < 1.29 is 23.3 Å². The fourth-order valence-corrected chi connectivity index (χ4v) is 2.98. The van der Waals surface area contributed by atoms with Crippen molar-refractivity contribution in [3.8, 4) is 11.5 Å². The van der Waals surface area contributed by atoms with Gasteiger partial charge in [0, 0.05) is 28.6 Å². The highest BCUT2D eigenvalue weighted by molar-refractivity contribution is 5.86. The van der Waals surface area contributed by atoms with E-state index in [4.69, 9.17) is 13.6 Å². The number of aryl methyl sites for hydroxylation is 2. The number of esters is 1. The minimum absolute atomic E-state index is 0.0375. The minimum atomic E-state index is -0.492. The monoisotopic (exact) mass is 407 g/mol. The average molecular weight is 407 g/mol. The molecule has 0 spiro atoms. The number of nitrogens with zero attached hydrogens (tertiary/aromatic N) is 3. The smallest absolute Gasteiger partial charge is 0.310 e. The number of hydrogen-bond donors (Lipinski definition) is 0. The first-order valence-electron chi connectivity index (χ1n) is 9.11. The van der Waals surface area contributed by atoms with Crippen LogP contribution < -0.4 is 0 Å². The molecule has 0 N–H and O–H groups in total. The zero-order chi connectivity index (χ0) is 21.3. The molecule has 4 rings (SSSR count). The number of nitro groups is 1. The lowest BCUT2D eigenvalue weighted by atomic mass is 10.0. The van der Waals surface area contributed by atoms with Crippen LogP contribution in [0.5, 0.6) is 0 Å². The van der Waals surface area contributed by atoms with Crippen LogP contribution >= 0.6 is 0 Å². The van der Waals surface area contributed by atoms with Gasteiger partial charge in [0.2, 0.25) is 5.89 Å². The second-order valence-electron chi connectivity index (χ2n) is 6.84. The van der Waals surface area contributed by atoms with E-state index in [1.165, 1.54) is 24.3 Å². The minimum Gasteiger partial charge on any atom is -0.464 e. The predicted molar refractivity (Wildman–Crippen MR) is 106 cm³/mol. The van der Waals surface area contributed by atoms with E-state index in [1.807, 2.05) is 26.0 Å². The lowest BCUT2D eigenvalue weighted by Crippen LogP contribution is -2.08. The fourth-order valence-electron chi connectivity index (χ4n) is 2.98. The topological polar surface area (TPSA) is 122 Å². The maximum Gasteiger partial charge on any atom is 0.310 e. The molecule has 0 aliphatic carbocycles. The molecule has 0 saturated carbocycles. The highest BCUT2D eigenvalue weighted by Gasteiger charge is 2.15. The van der Waals surface area contributed by atoms with E-state index in [0.29, 0.717) is 5.56 Å². The number of aromatic nitrogens is 2. The number of carbonyl (C=O) groups is 1. The van der Waals surface area contributed by atoms with Gasteiger partial charge in [0.15, 0.2) is 6.61 Å². The van der Waals surface area contributed by atoms with Crippen LogP contribution in [-0.4, -0.2) is 21.1 Å². The van der Waals surface area contributed by atoms with Crippen LogP contribution in [0.25, 0.3) is 22.4 Å². The van der Waals surface area contributed by atoms with Gasteiger partial charge in [-0.25, -0.2) is 0 Å². The molecule has 0 atom stereocenters. The van der Waals surface area contributed by atoms with E-state index in [1.54, 1.807) is 6.26 Å². The second kappa shape index (κ2) is 7.78. The Morgan fingerprint density at radius 3 is 2.60 bits per heavy atom. The number of hydrogen-bond acceptors (Lipinski definition) is 8. The van der Waals surface area contributed by atoms with E-state index >= 15 is 0 Å². The Kier molecular flexibility index (Phi) is 5.01. The molecule has 30 heavy (non-hydrogen) atoms. The molecule has 2 aromatic carbocycles. The largest absolute Gasteiger partial charge is 0.464 e. The van der Waals surface area contributed by atoms with Crippen molar-refractivity contribution >= 4 is 22.6 Å². The second-order valence-corrected chi connectivity index (χ2v) is 6.84. The summed E-state index contributed by atoms with van der Waals surface area (Å²) in [4.78, 5) is 22.5. The van der Waals surface area contributed by atoms with Crippen molar-refractivity contribution in [2.45, 2.75) is 26.9 Å². The van der Waals surface area contributed by atoms with E-state index in [9.17, 15) is 14.9 Å². The van der Waals surface area contributed by atoms with Crippen LogP contribution in [-0.2, 0) is 22.6 Å². The number of nitro benzene ring substituents is 1. The molecule has 0 aliphatic rings. The first kappa shape index (κ1) is 19.3.